The molecule has 3 heterocycles. The standard InChI is InChI=1S/C30H30ClN3O4/c1-15-26(16(2)38-33-15)20-10-22-23(14-34(29(22)32-13-20)28(17-6-7-17)18-8-9-18)27-24(31)11-19(30(35)36)12-25(27)37-21-4-3-5-21/h10-14,17-18,21,28H,3-9H2,1-2H3,(H,35,36). The molecule has 3 aliphatic rings. The molecule has 196 valence electrons. The van der Waals surface area contributed by atoms with E-state index in [1.54, 1.807) is 6.07 Å². The molecule has 0 radical (unpaired) electrons. The highest BCUT2D eigenvalue weighted by molar-refractivity contribution is 6.34. The summed E-state index contributed by atoms with van der Waals surface area (Å²) in [7, 11) is 0. The lowest BCUT2D eigenvalue weighted by molar-refractivity contribution is 0.0695. The monoisotopic (exact) mass is 531 g/mol. The van der Waals surface area contributed by atoms with E-state index in [9.17, 15) is 9.90 Å². The van der Waals surface area contributed by atoms with Gasteiger partial charge in [-0.1, -0.05) is 16.8 Å². The fraction of sp³-hybridized carbons (Fsp3) is 0.433. The van der Waals surface area contributed by atoms with Crippen LogP contribution in [0.2, 0.25) is 5.02 Å². The second kappa shape index (κ2) is 8.87. The number of fused-ring (bicyclic) bond motifs is 1. The van der Waals surface area contributed by atoms with Crippen molar-refractivity contribution in [3.8, 4) is 28.0 Å². The molecule has 1 aromatic carbocycles. The van der Waals surface area contributed by atoms with Crippen molar-refractivity contribution < 1.29 is 19.2 Å². The van der Waals surface area contributed by atoms with Crippen molar-refractivity contribution in [2.45, 2.75) is 70.9 Å². The fourth-order valence-corrected chi connectivity index (χ4v) is 6.34. The summed E-state index contributed by atoms with van der Waals surface area (Å²) in [5, 5.41) is 15.2. The molecule has 0 saturated heterocycles. The van der Waals surface area contributed by atoms with Gasteiger partial charge in [-0.05, 0) is 88.8 Å². The molecule has 0 unspecified atom stereocenters. The van der Waals surface area contributed by atoms with Crippen molar-refractivity contribution in [1.82, 2.24) is 14.7 Å². The molecule has 7 nitrogen and oxygen atoms in total. The van der Waals surface area contributed by atoms with Gasteiger partial charge in [0, 0.05) is 46.1 Å². The summed E-state index contributed by atoms with van der Waals surface area (Å²) in [4.78, 5) is 16.9. The maximum Gasteiger partial charge on any atom is 0.335 e. The van der Waals surface area contributed by atoms with E-state index in [1.165, 1.54) is 31.7 Å². The lowest BCUT2D eigenvalue weighted by atomic mass is 9.95. The quantitative estimate of drug-likeness (QED) is 0.251. The van der Waals surface area contributed by atoms with Crippen LogP contribution in [0.3, 0.4) is 0 Å². The molecule has 3 aliphatic carbocycles. The summed E-state index contributed by atoms with van der Waals surface area (Å²) in [5.41, 5.74) is 5.39. The first-order valence-electron chi connectivity index (χ1n) is 13.6. The van der Waals surface area contributed by atoms with Gasteiger partial charge in [-0.3, -0.25) is 0 Å². The number of hydrogen-bond acceptors (Lipinski definition) is 5. The van der Waals surface area contributed by atoms with Gasteiger partial charge in [0.05, 0.1) is 22.4 Å². The molecule has 1 N–H and O–H groups in total. The van der Waals surface area contributed by atoms with Crippen LogP contribution < -0.4 is 4.74 Å². The average Bonchev–Trinajstić information content (AvgIpc) is 3.79. The van der Waals surface area contributed by atoms with Crippen LogP contribution in [0.5, 0.6) is 5.75 Å². The zero-order chi connectivity index (χ0) is 26.1. The molecule has 3 saturated carbocycles. The van der Waals surface area contributed by atoms with E-state index < -0.39 is 5.97 Å². The first-order chi connectivity index (χ1) is 18.4. The van der Waals surface area contributed by atoms with E-state index >= 15 is 0 Å². The number of halogens is 1. The molecular formula is C30H30ClN3O4. The number of benzene rings is 1. The third kappa shape index (κ3) is 3.99. The lowest BCUT2D eigenvalue weighted by Crippen LogP contribution is -2.25. The summed E-state index contributed by atoms with van der Waals surface area (Å²) < 4.78 is 14.2. The summed E-state index contributed by atoms with van der Waals surface area (Å²) >= 11 is 6.89. The highest BCUT2D eigenvalue weighted by Crippen LogP contribution is 2.54. The number of carboxylic acids is 1. The van der Waals surface area contributed by atoms with Crippen molar-refractivity contribution in [3.63, 3.8) is 0 Å². The van der Waals surface area contributed by atoms with Gasteiger partial charge in [-0.2, -0.15) is 0 Å². The Hall–Kier alpha value is -3.32. The van der Waals surface area contributed by atoms with Crippen LogP contribution in [-0.4, -0.2) is 31.9 Å². The van der Waals surface area contributed by atoms with E-state index in [2.05, 4.69) is 22.0 Å². The van der Waals surface area contributed by atoms with E-state index in [0.29, 0.717) is 28.6 Å². The number of pyridine rings is 1. The Morgan fingerprint density at radius 3 is 2.42 bits per heavy atom. The van der Waals surface area contributed by atoms with Gasteiger partial charge in [-0.15, -0.1) is 0 Å². The number of aromatic nitrogens is 3. The maximum atomic E-state index is 11.9. The van der Waals surface area contributed by atoms with Crippen LogP contribution in [0.15, 0.2) is 35.1 Å². The number of carbonyl (C=O) groups is 1. The Labute approximate surface area is 225 Å². The first-order valence-corrected chi connectivity index (χ1v) is 13.9. The molecule has 7 rings (SSSR count). The van der Waals surface area contributed by atoms with Crippen LogP contribution >= 0.6 is 11.6 Å². The molecule has 3 aromatic heterocycles. The summed E-state index contributed by atoms with van der Waals surface area (Å²) in [5.74, 6) is 1.59. The van der Waals surface area contributed by atoms with E-state index in [1.807, 2.05) is 20.0 Å². The summed E-state index contributed by atoms with van der Waals surface area (Å²) in [6.45, 7) is 3.85. The van der Waals surface area contributed by atoms with E-state index in [4.69, 9.17) is 25.8 Å². The Balaban J connectivity index is 1.47. The largest absolute Gasteiger partial charge is 0.490 e. The van der Waals surface area contributed by atoms with Crippen LogP contribution in [0.1, 0.15) is 72.8 Å². The number of aryl methyl sites for hydroxylation is 2. The molecule has 0 spiro atoms. The van der Waals surface area contributed by atoms with Crippen molar-refractivity contribution >= 4 is 28.6 Å². The minimum Gasteiger partial charge on any atom is -0.490 e. The van der Waals surface area contributed by atoms with E-state index in [0.717, 1.165) is 64.0 Å². The highest BCUT2D eigenvalue weighted by Gasteiger charge is 2.43. The molecule has 4 aromatic rings. The smallest absolute Gasteiger partial charge is 0.335 e. The Kier molecular flexibility index (Phi) is 5.55. The predicted octanol–water partition coefficient (Wildman–Crippen LogP) is 7.62. The Morgan fingerprint density at radius 1 is 1.11 bits per heavy atom. The van der Waals surface area contributed by atoms with Crippen LogP contribution in [0.25, 0.3) is 33.3 Å². The highest BCUT2D eigenvalue weighted by atomic mass is 35.5. The van der Waals surface area contributed by atoms with Gasteiger partial charge in [0.25, 0.3) is 0 Å². The predicted molar refractivity (Wildman–Crippen MR) is 145 cm³/mol. The molecule has 0 atom stereocenters. The van der Waals surface area contributed by atoms with Crippen LogP contribution in [-0.2, 0) is 0 Å². The Bertz CT molecular complexity index is 1540. The Morgan fingerprint density at radius 2 is 1.84 bits per heavy atom. The number of ether oxygens (including phenoxy) is 1. The summed E-state index contributed by atoms with van der Waals surface area (Å²) in [6, 6.07) is 5.71. The number of rotatable bonds is 8. The average molecular weight is 532 g/mol. The van der Waals surface area contributed by atoms with Crippen molar-refractivity contribution in [2.24, 2.45) is 11.8 Å². The molecular weight excluding hydrogens is 502 g/mol. The van der Waals surface area contributed by atoms with Crippen LogP contribution in [0, 0.1) is 25.7 Å². The SMILES string of the molecule is Cc1noc(C)c1-c1cnc2c(c1)c(-c1c(Cl)cc(C(=O)O)cc1OC1CCC1)cn2C(C1CC1)C1CC1. The zero-order valence-electron chi connectivity index (χ0n) is 21.5. The van der Waals surface area contributed by atoms with Gasteiger partial charge < -0.3 is 18.9 Å². The normalized spacial score (nSPS) is 17.8. The maximum absolute atomic E-state index is 11.9. The fourth-order valence-electron chi connectivity index (χ4n) is 6.03. The van der Waals surface area contributed by atoms with Gasteiger partial charge in [0.15, 0.2) is 0 Å². The molecule has 0 aliphatic heterocycles. The number of nitrogens with zero attached hydrogens (tertiary/aromatic N) is 3. The molecule has 8 heteroatoms. The minimum absolute atomic E-state index is 0.0730. The van der Waals surface area contributed by atoms with Crippen molar-refractivity contribution in [1.29, 1.82) is 0 Å². The third-order valence-electron chi connectivity index (χ3n) is 8.44. The third-order valence-corrected chi connectivity index (χ3v) is 8.74. The molecule has 3 fully saturated rings. The van der Waals surface area contributed by atoms with Crippen molar-refractivity contribution in [3.05, 3.63) is 52.6 Å². The number of aromatic carboxylic acids is 1. The second-order valence-electron chi connectivity index (χ2n) is 11.2. The number of carboxylic acid groups (broad SMARTS) is 1. The van der Waals surface area contributed by atoms with Gasteiger partial charge in [-0.25, -0.2) is 9.78 Å². The zero-order valence-corrected chi connectivity index (χ0v) is 22.3. The van der Waals surface area contributed by atoms with Gasteiger partial charge in [0.2, 0.25) is 0 Å². The molecule has 38 heavy (non-hydrogen) atoms. The van der Waals surface area contributed by atoms with E-state index in [-0.39, 0.29) is 11.7 Å². The molecule has 0 amide bonds. The summed E-state index contributed by atoms with van der Waals surface area (Å²) in [6.07, 6.45) is 12.2. The van der Waals surface area contributed by atoms with Crippen molar-refractivity contribution in [2.75, 3.05) is 0 Å². The lowest BCUT2D eigenvalue weighted by Gasteiger charge is -2.28. The minimum atomic E-state index is -1.02. The van der Waals surface area contributed by atoms with Gasteiger partial charge >= 0.3 is 5.97 Å². The molecule has 0 bridgehead atoms. The number of hydrogen-bond donors (Lipinski definition) is 1. The second-order valence-corrected chi connectivity index (χ2v) is 11.6. The first kappa shape index (κ1) is 23.8. The van der Waals surface area contributed by atoms with Gasteiger partial charge in [0.1, 0.15) is 17.2 Å². The van der Waals surface area contributed by atoms with Crippen LogP contribution in [0.4, 0.5) is 0 Å². The topological polar surface area (TPSA) is 90.4 Å².